The molecule has 0 N–H and O–H groups in total. The summed E-state index contributed by atoms with van der Waals surface area (Å²) in [6.45, 7) is 2.31. The molecule has 1 aliphatic heterocycles. The molecule has 30 heavy (non-hydrogen) atoms. The SMILES string of the molecule is CCN(C1=C(c2ccccc2)C(=O)N(c2ccc(F)c(F)c2)C1=O)c1ccccc1. The van der Waals surface area contributed by atoms with Gasteiger partial charge in [0, 0.05) is 18.3 Å². The molecule has 0 unspecified atom stereocenters. The molecule has 2 amide bonds. The maximum atomic E-state index is 13.8. The van der Waals surface area contributed by atoms with E-state index in [1.807, 2.05) is 43.3 Å². The molecule has 0 atom stereocenters. The van der Waals surface area contributed by atoms with Crippen LogP contribution in [0.1, 0.15) is 12.5 Å². The Labute approximate surface area is 172 Å². The van der Waals surface area contributed by atoms with E-state index in [1.165, 1.54) is 6.07 Å². The fraction of sp³-hybridized carbons (Fsp3) is 0.0833. The average Bonchev–Trinajstić information content (AvgIpc) is 3.02. The van der Waals surface area contributed by atoms with Gasteiger partial charge in [-0.15, -0.1) is 0 Å². The molecule has 4 nitrogen and oxygen atoms in total. The van der Waals surface area contributed by atoms with E-state index >= 15 is 0 Å². The van der Waals surface area contributed by atoms with Crippen molar-refractivity contribution in [2.75, 3.05) is 16.3 Å². The summed E-state index contributed by atoms with van der Waals surface area (Å²) >= 11 is 0. The third kappa shape index (κ3) is 3.26. The van der Waals surface area contributed by atoms with Crippen LogP contribution in [-0.2, 0) is 9.59 Å². The number of imide groups is 1. The molecule has 3 aromatic rings. The normalized spacial score (nSPS) is 13.9. The third-order valence-electron chi connectivity index (χ3n) is 4.94. The first kappa shape index (κ1) is 19.5. The first-order chi connectivity index (χ1) is 14.5. The van der Waals surface area contributed by atoms with E-state index in [0.29, 0.717) is 12.1 Å². The quantitative estimate of drug-likeness (QED) is 0.575. The van der Waals surface area contributed by atoms with Crippen LogP contribution in [0, 0.1) is 11.6 Å². The number of carbonyl (C=O) groups is 2. The summed E-state index contributed by atoms with van der Waals surface area (Å²) in [5.74, 6) is -3.34. The van der Waals surface area contributed by atoms with Crippen molar-refractivity contribution in [1.29, 1.82) is 0 Å². The Hall–Kier alpha value is -3.80. The van der Waals surface area contributed by atoms with Gasteiger partial charge in [-0.05, 0) is 36.8 Å². The zero-order chi connectivity index (χ0) is 21.3. The zero-order valence-corrected chi connectivity index (χ0v) is 16.2. The van der Waals surface area contributed by atoms with E-state index in [9.17, 15) is 18.4 Å². The molecule has 0 aromatic heterocycles. The van der Waals surface area contributed by atoms with Crippen LogP contribution in [0.3, 0.4) is 0 Å². The van der Waals surface area contributed by atoms with E-state index in [4.69, 9.17) is 0 Å². The minimum Gasteiger partial charge on any atom is -0.337 e. The monoisotopic (exact) mass is 404 g/mol. The largest absolute Gasteiger partial charge is 0.337 e. The van der Waals surface area contributed by atoms with E-state index in [2.05, 4.69) is 0 Å². The molecule has 0 saturated heterocycles. The summed E-state index contributed by atoms with van der Waals surface area (Å²) in [6.07, 6.45) is 0. The Kier molecular flexibility index (Phi) is 5.14. The first-order valence-electron chi connectivity index (χ1n) is 9.49. The number of likely N-dealkylation sites (N-methyl/N-ethyl adjacent to an activating group) is 1. The van der Waals surface area contributed by atoms with Crippen LogP contribution in [0.25, 0.3) is 5.57 Å². The molecule has 0 aliphatic carbocycles. The van der Waals surface area contributed by atoms with Crippen LogP contribution in [0.5, 0.6) is 0 Å². The predicted molar refractivity (Wildman–Crippen MR) is 112 cm³/mol. The molecule has 4 rings (SSSR count). The molecule has 0 spiro atoms. The van der Waals surface area contributed by atoms with Crippen molar-refractivity contribution in [3.05, 3.63) is 102 Å². The number of nitrogens with zero attached hydrogens (tertiary/aromatic N) is 2. The smallest absolute Gasteiger partial charge is 0.282 e. The Morgan fingerprint density at radius 1 is 0.800 bits per heavy atom. The number of rotatable bonds is 5. The summed E-state index contributed by atoms with van der Waals surface area (Å²) < 4.78 is 27.3. The molecule has 150 valence electrons. The topological polar surface area (TPSA) is 40.6 Å². The number of anilines is 2. The number of hydrogen-bond donors (Lipinski definition) is 0. The molecule has 3 aromatic carbocycles. The number of hydrogen-bond acceptors (Lipinski definition) is 3. The second-order valence-corrected chi connectivity index (χ2v) is 6.71. The van der Waals surface area contributed by atoms with Crippen molar-refractivity contribution in [1.82, 2.24) is 0 Å². The summed E-state index contributed by atoms with van der Waals surface area (Å²) in [4.78, 5) is 29.5. The summed E-state index contributed by atoms with van der Waals surface area (Å²) in [6, 6.07) is 21.1. The van der Waals surface area contributed by atoms with Gasteiger partial charge in [0.1, 0.15) is 5.70 Å². The van der Waals surface area contributed by atoms with Gasteiger partial charge in [-0.25, -0.2) is 13.7 Å². The second kappa shape index (κ2) is 7.91. The van der Waals surface area contributed by atoms with E-state index < -0.39 is 23.4 Å². The highest BCUT2D eigenvalue weighted by Gasteiger charge is 2.42. The number of halogens is 2. The third-order valence-corrected chi connectivity index (χ3v) is 4.94. The lowest BCUT2D eigenvalue weighted by Gasteiger charge is -2.25. The van der Waals surface area contributed by atoms with E-state index in [-0.39, 0.29) is 17.0 Å². The Morgan fingerprint density at radius 2 is 1.43 bits per heavy atom. The predicted octanol–water partition coefficient (Wildman–Crippen LogP) is 4.78. The highest BCUT2D eigenvalue weighted by atomic mass is 19.2. The van der Waals surface area contributed by atoms with Crippen LogP contribution in [0.4, 0.5) is 20.2 Å². The van der Waals surface area contributed by atoms with Crippen LogP contribution in [0.15, 0.2) is 84.6 Å². The highest BCUT2D eigenvalue weighted by molar-refractivity contribution is 6.46. The van der Waals surface area contributed by atoms with Crippen molar-refractivity contribution < 1.29 is 18.4 Å². The van der Waals surface area contributed by atoms with E-state index in [1.54, 1.807) is 29.2 Å². The van der Waals surface area contributed by atoms with Gasteiger partial charge in [0.05, 0.1) is 11.3 Å². The van der Waals surface area contributed by atoms with Crippen LogP contribution >= 0.6 is 0 Å². The van der Waals surface area contributed by atoms with Crippen LogP contribution < -0.4 is 9.80 Å². The van der Waals surface area contributed by atoms with Crippen molar-refractivity contribution >= 4 is 28.8 Å². The van der Waals surface area contributed by atoms with Gasteiger partial charge < -0.3 is 4.90 Å². The minimum atomic E-state index is -1.13. The second-order valence-electron chi connectivity index (χ2n) is 6.71. The molecule has 0 radical (unpaired) electrons. The summed E-state index contributed by atoms with van der Waals surface area (Å²) in [7, 11) is 0. The Morgan fingerprint density at radius 3 is 2.03 bits per heavy atom. The molecule has 0 saturated carbocycles. The van der Waals surface area contributed by atoms with Crippen molar-refractivity contribution in [2.45, 2.75) is 6.92 Å². The molecule has 0 bridgehead atoms. The van der Waals surface area contributed by atoms with Crippen molar-refractivity contribution in [2.24, 2.45) is 0 Å². The number of carbonyl (C=O) groups excluding carboxylic acids is 2. The molecule has 0 fully saturated rings. The lowest BCUT2D eigenvalue weighted by Crippen LogP contribution is -2.35. The lowest BCUT2D eigenvalue weighted by molar-refractivity contribution is -0.120. The van der Waals surface area contributed by atoms with E-state index in [0.717, 1.165) is 22.7 Å². The summed E-state index contributed by atoms with van der Waals surface area (Å²) in [5.41, 5.74) is 1.72. The van der Waals surface area contributed by atoms with Gasteiger partial charge in [0.25, 0.3) is 11.8 Å². The summed E-state index contributed by atoms with van der Waals surface area (Å²) in [5, 5.41) is 0. The van der Waals surface area contributed by atoms with Gasteiger partial charge in [-0.1, -0.05) is 48.5 Å². The number of benzene rings is 3. The highest BCUT2D eigenvalue weighted by Crippen LogP contribution is 2.36. The van der Waals surface area contributed by atoms with Crippen LogP contribution in [0.2, 0.25) is 0 Å². The maximum absolute atomic E-state index is 13.8. The molecular formula is C24H18F2N2O2. The molecule has 1 heterocycles. The average molecular weight is 404 g/mol. The van der Waals surface area contributed by atoms with Gasteiger partial charge in [-0.3, -0.25) is 9.59 Å². The number of amides is 2. The van der Waals surface area contributed by atoms with Crippen LogP contribution in [-0.4, -0.2) is 18.4 Å². The number of para-hydroxylation sites is 1. The standard InChI is InChI=1S/C24H18F2N2O2/c1-2-27(17-11-7-4-8-12-17)22-21(16-9-5-3-6-10-16)23(29)28(24(22)30)18-13-14-19(25)20(26)15-18/h3-15H,2H2,1H3. The van der Waals surface area contributed by atoms with Gasteiger partial charge in [0.15, 0.2) is 11.6 Å². The molecular weight excluding hydrogens is 386 g/mol. The zero-order valence-electron chi connectivity index (χ0n) is 16.2. The fourth-order valence-corrected chi connectivity index (χ4v) is 3.57. The van der Waals surface area contributed by atoms with Gasteiger partial charge in [0.2, 0.25) is 0 Å². The van der Waals surface area contributed by atoms with Gasteiger partial charge >= 0.3 is 0 Å². The first-order valence-corrected chi connectivity index (χ1v) is 9.49. The minimum absolute atomic E-state index is 0.0172. The molecule has 1 aliphatic rings. The van der Waals surface area contributed by atoms with Gasteiger partial charge in [-0.2, -0.15) is 0 Å². The van der Waals surface area contributed by atoms with Crippen molar-refractivity contribution in [3.63, 3.8) is 0 Å². The van der Waals surface area contributed by atoms with Crippen molar-refractivity contribution in [3.8, 4) is 0 Å². The molecule has 6 heteroatoms. The Balaban J connectivity index is 1.90. The fourth-order valence-electron chi connectivity index (χ4n) is 3.57. The maximum Gasteiger partial charge on any atom is 0.282 e. The lowest BCUT2D eigenvalue weighted by atomic mass is 10.0. The Bertz CT molecular complexity index is 1140.